The molecule has 0 saturated heterocycles. The summed E-state index contributed by atoms with van der Waals surface area (Å²) in [5, 5.41) is 0. The Labute approximate surface area is 234 Å². The standard InChI is InChI=1S/C27H40F8O4S/c1-5-24(28,29)13-26(32,33)9-7-11-36-15-23(17-38-21-19(3)40-20(4)22(21)39-18-23)16-37-12-8-10-27(34,35)14-25(30,31)6-2/h5-18H2,1-4H3. The number of hydrogen-bond donors (Lipinski definition) is 0. The van der Waals surface area contributed by atoms with Crippen molar-refractivity contribution in [1.82, 2.24) is 0 Å². The van der Waals surface area contributed by atoms with Gasteiger partial charge in [0.05, 0.1) is 31.5 Å². The van der Waals surface area contributed by atoms with E-state index < -0.39 is 67.6 Å². The first-order valence-electron chi connectivity index (χ1n) is 13.5. The summed E-state index contributed by atoms with van der Waals surface area (Å²) >= 11 is 1.50. The molecule has 4 nitrogen and oxygen atoms in total. The van der Waals surface area contributed by atoms with Gasteiger partial charge in [-0.05, 0) is 26.7 Å². The summed E-state index contributed by atoms with van der Waals surface area (Å²) in [7, 11) is 0. The molecule has 1 aliphatic heterocycles. The number of aryl methyl sites for hydroxylation is 2. The average molecular weight is 613 g/mol. The quantitative estimate of drug-likeness (QED) is 0.123. The lowest BCUT2D eigenvalue weighted by Crippen LogP contribution is -2.43. The van der Waals surface area contributed by atoms with Gasteiger partial charge in [-0.3, -0.25) is 0 Å². The van der Waals surface area contributed by atoms with E-state index in [0.717, 1.165) is 23.6 Å². The van der Waals surface area contributed by atoms with Gasteiger partial charge in [-0.15, -0.1) is 11.3 Å². The number of ether oxygens (including phenoxy) is 4. The first kappa shape index (κ1) is 34.9. The first-order valence-corrected chi connectivity index (χ1v) is 14.3. The Balaban J connectivity index is 1.93. The summed E-state index contributed by atoms with van der Waals surface area (Å²) in [6, 6.07) is 0. The fourth-order valence-electron chi connectivity index (χ4n) is 4.30. The lowest BCUT2D eigenvalue weighted by atomic mass is 9.92. The molecule has 0 spiro atoms. The first-order chi connectivity index (χ1) is 18.4. The second kappa shape index (κ2) is 14.2. The van der Waals surface area contributed by atoms with Crippen LogP contribution in [0.5, 0.6) is 11.5 Å². The molecule has 2 heterocycles. The number of halogens is 8. The average Bonchev–Trinajstić information content (AvgIpc) is 2.98. The van der Waals surface area contributed by atoms with Crippen LogP contribution in [0.3, 0.4) is 0 Å². The molecule has 1 aromatic rings. The van der Waals surface area contributed by atoms with Gasteiger partial charge < -0.3 is 18.9 Å². The summed E-state index contributed by atoms with van der Waals surface area (Å²) in [5.41, 5.74) is -0.926. The van der Waals surface area contributed by atoms with Gasteiger partial charge >= 0.3 is 0 Å². The van der Waals surface area contributed by atoms with Crippen molar-refractivity contribution in [2.75, 3.05) is 39.6 Å². The van der Waals surface area contributed by atoms with Crippen LogP contribution in [0.4, 0.5) is 35.1 Å². The Morgan fingerprint density at radius 3 is 1.40 bits per heavy atom. The highest BCUT2D eigenvalue weighted by molar-refractivity contribution is 7.12. The highest BCUT2D eigenvalue weighted by Gasteiger charge is 2.43. The summed E-state index contributed by atoms with van der Waals surface area (Å²) in [6.07, 6.45) is -6.23. The van der Waals surface area contributed by atoms with Gasteiger partial charge in [0, 0.05) is 48.7 Å². The molecule has 0 unspecified atom stereocenters. The van der Waals surface area contributed by atoms with Crippen LogP contribution in [0.25, 0.3) is 0 Å². The SMILES string of the molecule is CCC(F)(F)CC(F)(F)CCCOCC1(COCCCC(F)(F)CC(F)(F)CC)COc2c(C)sc(C)c2OC1. The molecule has 0 radical (unpaired) electrons. The van der Waals surface area contributed by atoms with Crippen molar-refractivity contribution < 1.29 is 54.1 Å². The van der Waals surface area contributed by atoms with Crippen molar-refractivity contribution in [2.45, 2.75) is 103 Å². The van der Waals surface area contributed by atoms with Gasteiger partial charge in [0.1, 0.15) is 13.2 Å². The molecule has 2 rings (SSSR count). The Kier molecular flexibility index (Phi) is 12.4. The molecule has 0 atom stereocenters. The molecule has 40 heavy (non-hydrogen) atoms. The van der Waals surface area contributed by atoms with Crippen LogP contribution < -0.4 is 9.47 Å². The third kappa shape index (κ3) is 11.2. The topological polar surface area (TPSA) is 36.9 Å². The molecule has 234 valence electrons. The van der Waals surface area contributed by atoms with Gasteiger partial charge in [0.2, 0.25) is 0 Å². The minimum absolute atomic E-state index is 0.0473. The fourth-order valence-corrected chi connectivity index (χ4v) is 5.25. The molecule has 0 fully saturated rings. The van der Waals surface area contributed by atoms with E-state index in [-0.39, 0.29) is 52.5 Å². The molecule has 0 aromatic carbocycles. The third-order valence-electron chi connectivity index (χ3n) is 6.75. The summed E-state index contributed by atoms with van der Waals surface area (Å²) in [6.45, 7) is 5.80. The maximum Gasteiger partial charge on any atom is 0.254 e. The zero-order valence-electron chi connectivity index (χ0n) is 23.5. The van der Waals surface area contributed by atoms with Gasteiger partial charge in [-0.25, -0.2) is 35.1 Å². The molecular weight excluding hydrogens is 572 g/mol. The maximum atomic E-state index is 14.0. The number of hydrogen-bond acceptors (Lipinski definition) is 5. The molecule has 0 aliphatic carbocycles. The molecule has 1 aliphatic rings. The van der Waals surface area contributed by atoms with E-state index in [1.54, 1.807) is 0 Å². The summed E-state index contributed by atoms with van der Waals surface area (Å²) in [4.78, 5) is 1.78. The molecule has 0 amide bonds. The second-order valence-corrected chi connectivity index (χ2v) is 12.2. The summed E-state index contributed by atoms with van der Waals surface area (Å²) in [5.74, 6) is -12.8. The fraction of sp³-hybridized carbons (Fsp3) is 0.852. The number of rotatable bonds is 18. The van der Waals surface area contributed by atoms with E-state index >= 15 is 0 Å². The van der Waals surface area contributed by atoms with Gasteiger partial charge in [0.15, 0.2) is 11.5 Å². The molecular formula is C27H40F8O4S. The number of thiophene rings is 1. The molecule has 0 N–H and O–H groups in total. The second-order valence-electron chi connectivity index (χ2n) is 10.7. The van der Waals surface area contributed by atoms with E-state index in [1.165, 1.54) is 11.3 Å². The molecule has 0 saturated carbocycles. The van der Waals surface area contributed by atoms with Crippen molar-refractivity contribution in [3.8, 4) is 11.5 Å². The molecule has 0 bridgehead atoms. The highest BCUT2D eigenvalue weighted by atomic mass is 32.1. The van der Waals surface area contributed by atoms with Gasteiger partial charge in [0.25, 0.3) is 23.7 Å². The van der Waals surface area contributed by atoms with E-state index in [9.17, 15) is 35.1 Å². The van der Waals surface area contributed by atoms with Crippen LogP contribution in [0, 0.1) is 19.3 Å². The van der Waals surface area contributed by atoms with Crippen LogP contribution in [-0.2, 0) is 9.47 Å². The molecule has 13 heteroatoms. The minimum atomic E-state index is -3.54. The number of fused-ring (bicyclic) bond motifs is 1. The van der Waals surface area contributed by atoms with E-state index in [4.69, 9.17) is 18.9 Å². The largest absolute Gasteiger partial charge is 0.488 e. The highest BCUT2D eigenvalue weighted by Crippen LogP contribution is 2.45. The third-order valence-corrected chi connectivity index (χ3v) is 7.73. The van der Waals surface area contributed by atoms with Crippen molar-refractivity contribution in [2.24, 2.45) is 5.41 Å². The van der Waals surface area contributed by atoms with Crippen molar-refractivity contribution in [3.05, 3.63) is 9.75 Å². The van der Waals surface area contributed by atoms with Gasteiger partial charge in [-0.1, -0.05) is 13.8 Å². The normalized spacial score (nSPS) is 16.3. The van der Waals surface area contributed by atoms with Crippen LogP contribution in [-0.4, -0.2) is 63.3 Å². The Hall–Kier alpha value is -1.34. The van der Waals surface area contributed by atoms with E-state index in [1.807, 2.05) is 13.8 Å². The zero-order valence-corrected chi connectivity index (χ0v) is 24.3. The smallest absolute Gasteiger partial charge is 0.254 e. The lowest BCUT2D eigenvalue weighted by Gasteiger charge is -2.31. The predicted molar refractivity (Wildman–Crippen MR) is 137 cm³/mol. The van der Waals surface area contributed by atoms with Crippen LogP contribution >= 0.6 is 11.3 Å². The Bertz CT molecular complexity index is 852. The lowest BCUT2D eigenvalue weighted by molar-refractivity contribution is -0.120. The monoisotopic (exact) mass is 612 g/mol. The van der Waals surface area contributed by atoms with E-state index in [0.29, 0.717) is 11.5 Å². The predicted octanol–water partition coefficient (Wildman–Crippen LogP) is 8.86. The summed E-state index contributed by atoms with van der Waals surface area (Å²) < 4.78 is 133. The van der Waals surface area contributed by atoms with Gasteiger partial charge in [-0.2, -0.15) is 0 Å². The van der Waals surface area contributed by atoms with Crippen molar-refractivity contribution >= 4 is 11.3 Å². The van der Waals surface area contributed by atoms with Crippen LogP contribution in [0.1, 0.15) is 75.0 Å². The maximum absolute atomic E-state index is 14.0. The van der Waals surface area contributed by atoms with Crippen molar-refractivity contribution in [3.63, 3.8) is 0 Å². The van der Waals surface area contributed by atoms with E-state index in [2.05, 4.69) is 0 Å². The van der Waals surface area contributed by atoms with Crippen LogP contribution in [0.15, 0.2) is 0 Å². The minimum Gasteiger partial charge on any atom is -0.488 e. The van der Waals surface area contributed by atoms with Crippen molar-refractivity contribution in [1.29, 1.82) is 0 Å². The molecule has 1 aromatic heterocycles. The van der Waals surface area contributed by atoms with Crippen LogP contribution in [0.2, 0.25) is 0 Å². The Morgan fingerprint density at radius 1 is 0.675 bits per heavy atom. The Morgan fingerprint density at radius 2 is 1.05 bits per heavy atom. The zero-order chi connectivity index (χ0) is 30.2. The number of alkyl halides is 8.